The van der Waals surface area contributed by atoms with E-state index >= 15 is 0 Å². The Morgan fingerprint density at radius 1 is 0.651 bits per heavy atom. The molecule has 0 spiro atoms. The summed E-state index contributed by atoms with van der Waals surface area (Å²) < 4.78 is 141. The zero-order valence-electron chi connectivity index (χ0n) is 53.3. The zero-order chi connectivity index (χ0) is 58.6. The molecule has 8 rings (SSSR count). The van der Waals surface area contributed by atoms with Gasteiger partial charge in [-0.15, -0.1) is 0 Å². The molecule has 0 amide bonds. The fourth-order valence-electron chi connectivity index (χ4n) is 8.06. The molecule has 0 aliphatic heterocycles. The van der Waals surface area contributed by atoms with Crippen molar-refractivity contribution in [2.24, 2.45) is 5.92 Å². The lowest BCUT2D eigenvalue weighted by atomic mass is 9.83. The third-order valence-corrected chi connectivity index (χ3v) is 11.2. The Balaban J connectivity index is 1.44. The number of fused-ring (bicyclic) bond motifs is 1. The van der Waals surface area contributed by atoms with Gasteiger partial charge in [0.15, 0.2) is 0 Å². The minimum absolute atomic E-state index is 0.0855. The summed E-state index contributed by atoms with van der Waals surface area (Å²) in [6.45, 7) is 6.65. The number of aromatic hydroxyl groups is 1. The van der Waals surface area contributed by atoms with Gasteiger partial charge in [0.25, 0.3) is 0 Å². The molecule has 0 saturated heterocycles. The van der Waals surface area contributed by atoms with Crippen molar-refractivity contribution in [3.8, 4) is 67.5 Å². The maximum Gasteiger partial charge on any atom is 0.149 e. The standard InChI is InChI=1S/C59H63N3O/c1-37(2)29-39-21-26-52(48(32-39)41-17-14-13-15-18-41)62-53-20-16-19-47(54(53)61-56(62)49-30-38(3)31-50(55(49)63)59(10,11)12)43-33-44(35-46(34-43)58(7,8)9)51-36-42(27-28-60-51)40-22-24-45(25-23-40)57(4,5)6/h13-28,30-37,63H,29H2,1-12H3/i4D3,5D3,6D3,22D,23D,24D,25D,27D,28D,36D. The van der Waals surface area contributed by atoms with Gasteiger partial charge in [-0.2, -0.15) is 0 Å². The van der Waals surface area contributed by atoms with E-state index in [1.807, 2.05) is 103 Å². The van der Waals surface area contributed by atoms with Gasteiger partial charge in [0.1, 0.15) is 11.6 Å². The van der Waals surface area contributed by atoms with Gasteiger partial charge in [-0.05, 0) is 128 Å². The van der Waals surface area contributed by atoms with Gasteiger partial charge >= 0.3 is 0 Å². The highest BCUT2D eigenvalue weighted by Gasteiger charge is 2.27. The molecule has 0 saturated carbocycles. The van der Waals surface area contributed by atoms with Crippen molar-refractivity contribution in [2.45, 2.75) is 106 Å². The number of benzene rings is 6. The lowest BCUT2D eigenvalue weighted by molar-refractivity contribution is 0.448. The van der Waals surface area contributed by atoms with E-state index in [-0.39, 0.29) is 17.0 Å². The first-order valence-corrected chi connectivity index (χ1v) is 21.2. The first-order chi connectivity index (χ1) is 36.4. The Morgan fingerprint density at radius 3 is 2.06 bits per heavy atom. The lowest BCUT2D eigenvalue weighted by Crippen LogP contribution is -2.12. The second kappa shape index (κ2) is 16.5. The predicted molar refractivity (Wildman–Crippen MR) is 267 cm³/mol. The van der Waals surface area contributed by atoms with E-state index in [0.29, 0.717) is 39.5 Å². The van der Waals surface area contributed by atoms with Crippen molar-refractivity contribution in [3.05, 3.63) is 167 Å². The van der Waals surface area contributed by atoms with Crippen LogP contribution in [0.25, 0.3) is 72.7 Å². The van der Waals surface area contributed by atoms with Crippen molar-refractivity contribution in [2.75, 3.05) is 0 Å². The van der Waals surface area contributed by atoms with Crippen LogP contribution in [-0.2, 0) is 22.7 Å². The first kappa shape index (κ1) is 27.7. The molecule has 4 nitrogen and oxygen atoms in total. The molecule has 8 aromatic rings. The van der Waals surface area contributed by atoms with Crippen molar-refractivity contribution in [1.82, 2.24) is 14.5 Å². The van der Waals surface area contributed by atoms with Crippen LogP contribution in [0.4, 0.5) is 0 Å². The van der Waals surface area contributed by atoms with Crippen LogP contribution in [0.15, 0.2) is 139 Å². The summed E-state index contributed by atoms with van der Waals surface area (Å²) in [5.74, 6) is 0.943. The van der Waals surface area contributed by atoms with E-state index in [0.717, 1.165) is 45.5 Å². The molecule has 320 valence electrons. The molecular formula is C59H63N3O. The van der Waals surface area contributed by atoms with Gasteiger partial charge in [0.05, 0.1) is 37.6 Å². The Labute approximate surface area is 398 Å². The normalized spacial score (nSPS) is 16.7. The topological polar surface area (TPSA) is 50.9 Å². The molecule has 4 heteroatoms. The van der Waals surface area contributed by atoms with E-state index in [2.05, 4.69) is 53.7 Å². The Hall–Kier alpha value is -6.26. The number of pyridine rings is 1. The molecule has 0 bridgehead atoms. The average Bonchev–Trinajstić information content (AvgIpc) is 3.27. The molecule has 6 aromatic carbocycles. The maximum atomic E-state index is 12.4. The number of phenols is 1. The highest BCUT2D eigenvalue weighted by Crippen LogP contribution is 2.45. The summed E-state index contributed by atoms with van der Waals surface area (Å²) in [5, 5.41) is 12.4. The third-order valence-electron chi connectivity index (χ3n) is 11.2. The van der Waals surface area contributed by atoms with E-state index in [1.165, 1.54) is 0 Å². The van der Waals surface area contributed by atoms with Crippen LogP contribution in [0.5, 0.6) is 5.75 Å². The fourth-order valence-corrected chi connectivity index (χ4v) is 8.06. The number of phenolic OH excluding ortho intramolecular Hbond substituents is 1. The molecule has 1 N–H and O–H groups in total. The molecule has 0 aliphatic rings. The number of aromatic nitrogens is 3. The van der Waals surface area contributed by atoms with E-state index in [1.54, 1.807) is 12.1 Å². The van der Waals surface area contributed by atoms with Crippen molar-refractivity contribution < 1.29 is 27.0 Å². The molecule has 2 aromatic heterocycles. The summed E-state index contributed by atoms with van der Waals surface area (Å²) in [6, 6.07) is 25.5. The molecule has 2 heterocycles. The predicted octanol–water partition coefficient (Wildman–Crippen LogP) is 15.9. The Morgan fingerprint density at radius 2 is 1.38 bits per heavy atom. The van der Waals surface area contributed by atoms with Gasteiger partial charge in [-0.1, -0.05) is 161 Å². The molecule has 0 fully saturated rings. The minimum atomic E-state index is -3.92. The SMILES string of the molecule is [2H]c1nc(-c2cc(-c3cccc4c3nc(-c3cc(C)cc(C(C)(C)C)c3O)n4-c3ccc(CC(C)C)cc3-c3ccccc3)cc(C(C)(C)C)c2)c([2H])c(-c2c([2H])c([2H])c(C(C([2H])([2H])[2H])(C([2H])([2H])[2H])C([2H])([2H])[2H])c([2H])c2[2H])c1[2H]. The van der Waals surface area contributed by atoms with Crippen LogP contribution in [0.3, 0.4) is 0 Å². The molecule has 0 unspecified atom stereocenters. The van der Waals surface area contributed by atoms with Crippen molar-refractivity contribution >= 4 is 11.0 Å². The lowest BCUT2D eigenvalue weighted by Gasteiger charge is -2.23. The van der Waals surface area contributed by atoms with Gasteiger partial charge in [-0.25, -0.2) is 4.98 Å². The number of hydrogen-bond donors (Lipinski definition) is 1. The summed E-state index contributed by atoms with van der Waals surface area (Å²) in [7, 11) is 0. The van der Waals surface area contributed by atoms with E-state index in [4.69, 9.17) is 22.8 Å². The molecule has 0 aliphatic carbocycles. The quantitative estimate of drug-likeness (QED) is 0.166. The third kappa shape index (κ3) is 8.87. The molecule has 0 atom stereocenters. The summed E-state index contributed by atoms with van der Waals surface area (Å²) >= 11 is 0. The number of aryl methyl sites for hydroxylation is 1. The van der Waals surface area contributed by atoms with E-state index < -0.39 is 95.9 Å². The number of imidazole rings is 1. The second-order valence-electron chi connectivity index (χ2n) is 19.0. The average molecular weight is 846 g/mol. The first-order valence-electron chi connectivity index (χ1n) is 29.2. The number of hydrogen-bond acceptors (Lipinski definition) is 3. The summed E-state index contributed by atoms with van der Waals surface area (Å²) in [4.78, 5) is 9.89. The molecule has 0 radical (unpaired) electrons. The second-order valence-corrected chi connectivity index (χ2v) is 19.0. The van der Waals surface area contributed by atoms with Crippen LogP contribution in [0.1, 0.15) is 126 Å². The largest absolute Gasteiger partial charge is 0.507 e. The van der Waals surface area contributed by atoms with Crippen LogP contribution < -0.4 is 0 Å². The summed E-state index contributed by atoms with van der Waals surface area (Å²) in [6.07, 6.45) is 0.118. The molecule has 63 heavy (non-hydrogen) atoms. The van der Waals surface area contributed by atoms with Crippen molar-refractivity contribution in [1.29, 1.82) is 0 Å². The van der Waals surface area contributed by atoms with Crippen molar-refractivity contribution in [3.63, 3.8) is 0 Å². The number of para-hydroxylation sites is 1. The Kier molecular flexibility index (Phi) is 7.24. The maximum absolute atomic E-state index is 12.4. The van der Waals surface area contributed by atoms with Crippen LogP contribution in [-0.4, -0.2) is 19.6 Å². The minimum Gasteiger partial charge on any atom is -0.507 e. The monoisotopic (exact) mass is 846 g/mol. The number of nitrogens with zero attached hydrogens (tertiary/aromatic N) is 3. The smallest absolute Gasteiger partial charge is 0.149 e. The summed E-state index contributed by atoms with van der Waals surface area (Å²) in [5.41, 5.74) is 1.66. The Bertz CT molecular complexity index is 3640. The zero-order valence-corrected chi connectivity index (χ0v) is 37.3. The highest BCUT2D eigenvalue weighted by atomic mass is 16.3. The van der Waals surface area contributed by atoms with Gasteiger partial charge < -0.3 is 5.11 Å². The molecular weight excluding hydrogens is 767 g/mol. The van der Waals surface area contributed by atoms with E-state index in [9.17, 15) is 9.22 Å². The van der Waals surface area contributed by atoms with Gasteiger partial charge in [0.2, 0.25) is 0 Å². The van der Waals surface area contributed by atoms with Gasteiger partial charge in [0, 0.05) is 40.8 Å². The fraction of sp³-hybridized carbons (Fsp3) is 0.288. The number of rotatable bonds is 8. The van der Waals surface area contributed by atoms with Gasteiger partial charge in [-0.3, -0.25) is 9.55 Å². The van der Waals surface area contributed by atoms with Crippen LogP contribution in [0, 0.1) is 12.8 Å². The van der Waals surface area contributed by atoms with Crippen LogP contribution >= 0.6 is 0 Å². The highest BCUT2D eigenvalue weighted by molar-refractivity contribution is 5.98. The van der Waals surface area contributed by atoms with Crippen LogP contribution in [0.2, 0.25) is 0 Å².